The Morgan fingerprint density at radius 2 is 1.04 bits per heavy atom. The van der Waals surface area contributed by atoms with E-state index in [-0.39, 0.29) is 61.5 Å². The van der Waals surface area contributed by atoms with Gasteiger partial charge in [-0.3, -0.25) is 0 Å². The largest absolute Gasteiger partial charge is 0.509 e. The number of hydrogen-bond acceptors (Lipinski definition) is 4. The summed E-state index contributed by atoms with van der Waals surface area (Å²) < 4.78 is 37.0. The average Bonchev–Trinajstić information content (AvgIpc) is 2.83. The molecule has 5 nitrogen and oxygen atoms in total. The van der Waals surface area contributed by atoms with Crippen molar-refractivity contribution in [3.63, 3.8) is 0 Å². The molecule has 6 heteroatoms. The Bertz CT molecular complexity index is 4450. The molecule has 0 saturated carbocycles. The number of benzene rings is 10. The first kappa shape index (κ1) is 49.3. The predicted octanol–water partition coefficient (Wildman–Crippen LogP) is 20.2. The molecule has 13 rings (SSSR count). The van der Waals surface area contributed by atoms with Crippen molar-refractivity contribution in [1.29, 1.82) is 0 Å². The van der Waals surface area contributed by atoms with Gasteiger partial charge in [0.1, 0.15) is 5.82 Å². The summed E-state index contributed by atoms with van der Waals surface area (Å²) in [6, 6.07) is 80.5. The molecule has 0 unspecified atom stereocenters. The molecule has 0 fully saturated rings. The van der Waals surface area contributed by atoms with E-state index in [0.717, 1.165) is 106 Å². The molecule has 3 heterocycles. The van der Waals surface area contributed by atoms with Crippen molar-refractivity contribution in [3.05, 3.63) is 272 Å². The van der Waals surface area contributed by atoms with Crippen LogP contribution in [0.2, 0.25) is 0 Å². The molecule has 1 aliphatic rings. The predicted molar refractivity (Wildman–Crippen MR) is 334 cm³/mol. The molecular weight excluding hydrogens is 1170 g/mol. The van der Waals surface area contributed by atoms with Gasteiger partial charge in [-0.25, -0.2) is 4.98 Å². The molecule has 0 N–H and O–H groups in total. The van der Waals surface area contributed by atoms with Crippen LogP contribution < -0.4 is 14.5 Å². The van der Waals surface area contributed by atoms with Gasteiger partial charge in [0, 0.05) is 79.4 Å². The number of hydrogen-bond donors (Lipinski definition) is 0. The normalized spacial score (nSPS) is 13.0. The van der Waals surface area contributed by atoms with Gasteiger partial charge in [0.15, 0.2) is 0 Å². The molecule has 2 aromatic heterocycles. The maximum atomic E-state index is 9.52. The molecule has 0 bridgehead atoms. The summed E-state index contributed by atoms with van der Waals surface area (Å²) in [5, 5.41) is 1.97. The third kappa shape index (κ3) is 10.2. The zero-order valence-corrected chi connectivity index (χ0v) is 48.6. The standard InChI is InChI=1S/C75H61N4O.Pt/c1-50-43-72(76-48-67(50)53-21-12-9-13-22-53)79-68-42-35-56(52-31-36-58(37-32-52)74(2,3)4)45-66(68)65-41-40-62(47-71(65)79)80-61-26-17-25-60(46-61)77-49-78(70-30-15-14-29-69(70)77)73-63(54-33-38-59(39-34-54)75(5,6)7)27-18-28-64(73)57-24-16-23-55(44-57)51-19-10-8-11-20-51;/h8-45,48-49H,1-7H3;/q-3;/i17D,25D,26D;. The van der Waals surface area contributed by atoms with Crippen LogP contribution in [-0.2, 0) is 31.9 Å². The van der Waals surface area contributed by atoms with Crippen molar-refractivity contribution in [3.8, 4) is 73.0 Å². The molecule has 0 radical (unpaired) electrons. The summed E-state index contributed by atoms with van der Waals surface area (Å²) in [7, 11) is 0. The number of fused-ring (bicyclic) bond motifs is 4. The van der Waals surface area contributed by atoms with Crippen molar-refractivity contribution in [1.82, 2.24) is 9.55 Å². The molecule has 400 valence electrons. The molecule has 0 aliphatic carbocycles. The molecule has 1 aliphatic heterocycles. The fourth-order valence-electron chi connectivity index (χ4n) is 11.1. The summed E-state index contributed by atoms with van der Waals surface area (Å²) in [6.45, 7) is 17.5. The van der Waals surface area contributed by atoms with Crippen LogP contribution in [0.5, 0.6) is 11.5 Å². The first-order valence-corrected chi connectivity index (χ1v) is 27.3. The Kier molecular flexibility index (Phi) is 13.0. The van der Waals surface area contributed by atoms with Gasteiger partial charge in [0.05, 0.1) is 0 Å². The summed E-state index contributed by atoms with van der Waals surface area (Å²) in [4.78, 5) is 9.19. The number of nitrogens with zero attached hydrogens (tertiary/aromatic N) is 4. The van der Waals surface area contributed by atoms with E-state index in [0.29, 0.717) is 5.75 Å². The maximum absolute atomic E-state index is 9.52. The van der Waals surface area contributed by atoms with E-state index >= 15 is 0 Å². The second-order valence-electron chi connectivity index (χ2n) is 22.8. The molecule has 10 aromatic carbocycles. The number of aromatic nitrogens is 2. The molecule has 0 saturated heterocycles. The van der Waals surface area contributed by atoms with E-state index in [1.165, 1.54) is 11.1 Å². The number of para-hydroxylation sites is 3. The Morgan fingerprint density at radius 1 is 0.481 bits per heavy atom. The van der Waals surface area contributed by atoms with Crippen LogP contribution in [0.3, 0.4) is 0 Å². The molecule has 0 amide bonds. The molecule has 12 aromatic rings. The van der Waals surface area contributed by atoms with Gasteiger partial charge < -0.3 is 19.1 Å². The van der Waals surface area contributed by atoms with Crippen LogP contribution in [0.25, 0.3) is 83.3 Å². The minimum atomic E-state index is -0.285. The summed E-state index contributed by atoms with van der Waals surface area (Å²) in [5.41, 5.74) is 18.9. The SMILES string of the molecule is [2H]c1c(Oc2[c-]c3c(cc2)c2cc(-c4ccc(C(C)(C)C)cc4)ccc2n3-c2cc(C)c(-c3ccccc3)cn2)[c-]c(N2[CH-]N(c3c(-c4ccc(C(C)(C)C)cc4)cccc3-c3cccc(-c4ccccc4)c3)c3ccccc32)c([2H])c1[2H].[Pt]. The quantitative estimate of drug-likeness (QED) is 0.128. The van der Waals surface area contributed by atoms with Crippen LogP contribution in [0.1, 0.15) is 62.3 Å². The van der Waals surface area contributed by atoms with E-state index in [4.69, 9.17) is 9.72 Å². The van der Waals surface area contributed by atoms with Gasteiger partial charge >= 0.3 is 0 Å². The third-order valence-corrected chi connectivity index (χ3v) is 15.4. The Morgan fingerprint density at radius 3 is 1.72 bits per heavy atom. The average molecular weight is 1230 g/mol. The fraction of sp³-hybridized carbons (Fsp3) is 0.120. The Hall–Kier alpha value is -8.76. The van der Waals surface area contributed by atoms with Crippen LogP contribution in [0.4, 0.5) is 22.7 Å². The zero-order valence-electron chi connectivity index (χ0n) is 49.4. The number of ether oxygens (including phenoxy) is 1. The van der Waals surface area contributed by atoms with Gasteiger partial charge in [-0.15, -0.1) is 48.0 Å². The molecule has 81 heavy (non-hydrogen) atoms. The van der Waals surface area contributed by atoms with Crippen molar-refractivity contribution in [2.24, 2.45) is 0 Å². The summed E-state index contributed by atoms with van der Waals surface area (Å²) >= 11 is 0. The number of aryl methyl sites for hydroxylation is 1. The molecule has 0 atom stereocenters. The minimum Gasteiger partial charge on any atom is -0.509 e. The van der Waals surface area contributed by atoms with E-state index < -0.39 is 0 Å². The number of anilines is 4. The first-order valence-electron chi connectivity index (χ1n) is 28.8. The molecule has 0 spiro atoms. The maximum Gasteiger partial charge on any atom is 0.135 e. The van der Waals surface area contributed by atoms with Gasteiger partial charge in [0.2, 0.25) is 0 Å². The van der Waals surface area contributed by atoms with Gasteiger partial charge in [-0.1, -0.05) is 217 Å². The fourth-order valence-corrected chi connectivity index (χ4v) is 11.1. The van der Waals surface area contributed by atoms with Crippen LogP contribution in [0, 0.1) is 25.7 Å². The third-order valence-electron chi connectivity index (χ3n) is 15.4. The van der Waals surface area contributed by atoms with E-state index in [1.807, 2.05) is 72.4 Å². The zero-order chi connectivity index (χ0) is 57.3. The second-order valence-corrected chi connectivity index (χ2v) is 22.8. The first-order chi connectivity index (χ1) is 40.1. The smallest absolute Gasteiger partial charge is 0.135 e. The van der Waals surface area contributed by atoms with Crippen molar-refractivity contribution in [2.45, 2.75) is 59.3 Å². The van der Waals surface area contributed by atoms with E-state index in [2.05, 4.69) is 228 Å². The van der Waals surface area contributed by atoms with Crippen LogP contribution in [0.15, 0.2) is 237 Å². The number of pyridine rings is 1. The van der Waals surface area contributed by atoms with Gasteiger partial charge in [0.25, 0.3) is 0 Å². The van der Waals surface area contributed by atoms with Crippen molar-refractivity contribution < 1.29 is 29.9 Å². The van der Waals surface area contributed by atoms with Crippen molar-refractivity contribution >= 4 is 44.6 Å². The second kappa shape index (κ2) is 21.4. The topological polar surface area (TPSA) is 33.5 Å². The molecular formula is C75H61N4OPt-3. The number of rotatable bonds is 10. The minimum absolute atomic E-state index is 0. The summed E-state index contributed by atoms with van der Waals surface area (Å²) in [5.74, 6) is 1.05. The Labute approximate surface area is 495 Å². The van der Waals surface area contributed by atoms with Crippen LogP contribution in [-0.4, -0.2) is 9.55 Å². The van der Waals surface area contributed by atoms with Gasteiger partial charge in [-0.05, 0) is 112 Å². The van der Waals surface area contributed by atoms with E-state index in [9.17, 15) is 4.11 Å². The van der Waals surface area contributed by atoms with Crippen molar-refractivity contribution in [2.75, 3.05) is 9.80 Å². The Balaban J connectivity index is 0.00000694. The van der Waals surface area contributed by atoms with Crippen LogP contribution >= 0.6 is 0 Å². The van der Waals surface area contributed by atoms with Gasteiger partial charge in [-0.2, -0.15) is 12.1 Å². The van der Waals surface area contributed by atoms with E-state index in [1.54, 1.807) is 0 Å². The monoisotopic (exact) mass is 1230 g/mol. The summed E-state index contributed by atoms with van der Waals surface area (Å²) in [6.07, 6.45) is 1.94.